The van der Waals surface area contributed by atoms with Gasteiger partial charge in [-0.05, 0) is 18.6 Å². The highest BCUT2D eigenvalue weighted by atomic mass is 19.4. The normalized spacial score (nSPS) is 23.9. The van der Waals surface area contributed by atoms with E-state index in [1.165, 1.54) is 6.07 Å². The van der Waals surface area contributed by atoms with Crippen LogP contribution in [0.2, 0.25) is 0 Å². The van der Waals surface area contributed by atoms with E-state index in [2.05, 4.69) is 4.98 Å². The van der Waals surface area contributed by atoms with Gasteiger partial charge in [0.25, 0.3) is 0 Å². The Hall–Kier alpha value is -1.34. The third kappa shape index (κ3) is 2.98. The molecular weight excluding hydrogens is 261 g/mol. The second-order valence-corrected chi connectivity index (χ2v) is 4.48. The molecule has 19 heavy (non-hydrogen) atoms. The molecule has 2 heterocycles. The lowest BCUT2D eigenvalue weighted by molar-refractivity contribution is -0.141. The standard InChI is InChI=1S/C12H15F3N2O2/c1-19-10-4-9(7-18)17(6-10)8-2-3-16-11(5-8)12(13,14)15/h2-3,5,9-10,18H,4,6-7H2,1H3/t9-,10-/m0/s1. The van der Waals surface area contributed by atoms with E-state index in [4.69, 9.17) is 4.74 Å². The van der Waals surface area contributed by atoms with Crippen LogP contribution in [-0.4, -0.2) is 42.5 Å². The molecule has 4 nitrogen and oxygen atoms in total. The summed E-state index contributed by atoms with van der Waals surface area (Å²) in [6.07, 6.45) is -2.83. The molecule has 106 valence electrons. The molecule has 7 heteroatoms. The van der Waals surface area contributed by atoms with Crippen molar-refractivity contribution in [1.82, 2.24) is 4.98 Å². The van der Waals surface area contributed by atoms with Crippen LogP contribution in [0.4, 0.5) is 18.9 Å². The number of ether oxygens (including phenoxy) is 1. The van der Waals surface area contributed by atoms with Gasteiger partial charge in [-0.3, -0.25) is 4.98 Å². The van der Waals surface area contributed by atoms with Crippen LogP contribution < -0.4 is 4.90 Å². The molecule has 1 aliphatic heterocycles. The van der Waals surface area contributed by atoms with Gasteiger partial charge in [-0.25, -0.2) is 0 Å². The van der Waals surface area contributed by atoms with Gasteiger partial charge in [0, 0.05) is 25.5 Å². The van der Waals surface area contributed by atoms with Crippen LogP contribution in [0, 0.1) is 0 Å². The Kier molecular flexibility index (Phi) is 3.96. The molecule has 1 aliphatic rings. The monoisotopic (exact) mass is 276 g/mol. The summed E-state index contributed by atoms with van der Waals surface area (Å²) in [6, 6.07) is 2.28. The number of nitrogens with zero attached hydrogens (tertiary/aromatic N) is 2. The summed E-state index contributed by atoms with van der Waals surface area (Å²) in [6.45, 7) is 0.340. The van der Waals surface area contributed by atoms with Crippen molar-refractivity contribution in [2.45, 2.75) is 24.7 Å². The first-order valence-electron chi connectivity index (χ1n) is 5.89. The number of alkyl halides is 3. The lowest BCUT2D eigenvalue weighted by Crippen LogP contribution is -2.32. The van der Waals surface area contributed by atoms with Gasteiger partial charge in [0.1, 0.15) is 5.69 Å². The first-order chi connectivity index (χ1) is 8.95. The summed E-state index contributed by atoms with van der Waals surface area (Å²) in [5, 5.41) is 9.31. The first-order valence-corrected chi connectivity index (χ1v) is 5.89. The first kappa shape index (κ1) is 14.1. The summed E-state index contributed by atoms with van der Waals surface area (Å²) in [5.41, 5.74) is -0.525. The number of hydrogen-bond acceptors (Lipinski definition) is 4. The number of halogens is 3. The molecule has 0 aliphatic carbocycles. The number of hydrogen-bond donors (Lipinski definition) is 1. The van der Waals surface area contributed by atoms with E-state index in [0.29, 0.717) is 18.7 Å². The van der Waals surface area contributed by atoms with E-state index < -0.39 is 11.9 Å². The summed E-state index contributed by atoms with van der Waals surface area (Å²) >= 11 is 0. The minimum absolute atomic E-state index is 0.0837. The summed E-state index contributed by atoms with van der Waals surface area (Å²) in [7, 11) is 1.55. The maximum atomic E-state index is 12.6. The Morgan fingerprint density at radius 2 is 2.26 bits per heavy atom. The van der Waals surface area contributed by atoms with Crippen molar-refractivity contribution in [3.05, 3.63) is 24.0 Å². The molecular formula is C12H15F3N2O2. The van der Waals surface area contributed by atoms with Crippen LogP contribution in [0.3, 0.4) is 0 Å². The molecule has 1 N–H and O–H groups in total. The van der Waals surface area contributed by atoms with E-state index in [1.807, 2.05) is 0 Å². The van der Waals surface area contributed by atoms with Gasteiger partial charge in [0.2, 0.25) is 0 Å². The predicted octanol–water partition coefficient (Wildman–Crippen LogP) is 1.69. The predicted molar refractivity (Wildman–Crippen MR) is 62.9 cm³/mol. The van der Waals surface area contributed by atoms with E-state index in [1.54, 1.807) is 12.0 Å². The molecule has 0 saturated carbocycles. The Bertz CT molecular complexity index is 439. The largest absolute Gasteiger partial charge is 0.433 e. The lowest BCUT2D eigenvalue weighted by Gasteiger charge is -2.25. The highest BCUT2D eigenvalue weighted by Gasteiger charge is 2.35. The van der Waals surface area contributed by atoms with Crippen LogP contribution in [0.5, 0.6) is 0 Å². The third-order valence-electron chi connectivity index (χ3n) is 3.29. The Morgan fingerprint density at radius 3 is 2.84 bits per heavy atom. The van der Waals surface area contributed by atoms with Crippen LogP contribution >= 0.6 is 0 Å². The molecule has 1 saturated heterocycles. The lowest BCUT2D eigenvalue weighted by atomic mass is 10.2. The number of pyridine rings is 1. The van der Waals surface area contributed by atoms with Crippen LogP contribution in [-0.2, 0) is 10.9 Å². The molecule has 1 aromatic rings. The molecule has 0 aromatic carbocycles. The van der Waals surface area contributed by atoms with Gasteiger partial charge in [0.15, 0.2) is 0 Å². The number of aliphatic hydroxyl groups excluding tert-OH is 1. The second kappa shape index (κ2) is 5.34. The fourth-order valence-electron chi connectivity index (χ4n) is 2.29. The number of methoxy groups -OCH3 is 1. The minimum atomic E-state index is -4.47. The summed E-state index contributed by atoms with van der Waals surface area (Å²) in [5.74, 6) is 0. The quantitative estimate of drug-likeness (QED) is 0.912. The summed E-state index contributed by atoms with van der Waals surface area (Å²) < 4.78 is 43.1. The Morgan fingerprint density at radius 1 is 1.53 bits per heavy atom. The Labute approximate surface area is 108 Å². The molecule has 0 unspecified atom stereocenters. The molecule has 1 fully saturated rings. The van der Waals surface area contributed by atoms with Crippen molar-refractivity contribution >= 4 is 5.69 Å². The number of rotatable bonds is 3. The van der Waals surface area contributed by atoms with Gasteiger partial charge >= 0.3 is 6.18 Å². The van der Waals surface area contributed by atoms with Gasteiger partial charge in [-0.15, -0.1) is 0 Å². The van der Waals surface area contributed by atoms with E-state index in [-0.39, 0.29) is 18.8 Å². The molecule has 0 bridgehead atoms. The smallest absolute Gasteiger partial charge is 0.394 e. The fourth-order valence-corrected chi connectivity index (χ4v) is 2.29. The molecule has 1 aromatic heterocycles. The van der Waals surface area contributed by atoms with Crippen LogP contribution in [0.15, 0.2) is 18.3 Å². The van der Waals surface area contributed by atoms with E-state index in [9.17, 15) is 18.3 Å². The molecule has 0 radical (unpaired) electrons. The second-order valence-electron chi connectivity index (χ2n) is 4.48. The SMILES string of the molecule is CO[C@H]1C[C@@H](CO)N(c2ccnc(C(F)(F)F)c2)C1. The third-order valence-corrected chi connectivity index (χ3v) is 3.29. The van der Waals surface area contributed by atoms with E-state index in [0.717, 1.165) is 12.3 Å². The van der Waals surface area contributed by atoms with Crippen molar-refractivity contribution in [2.75, 3.05) is 25.2 Å². The molecule has 2 rings (SSSR count). The molecule has 2 atom stereocenters. The highest BCUT2D eigenvalue weighted by molar-refractivity contribution is 5.49. The van der Waals surface area contributed by atoms with Gasteiger partial charge in [-0.2, -0.15) is 13.2 Å². The summed E-state index contributed by atoms with van der Waals surface area (Å²) in [4.78, 5) is 5.05. The van der Waals surface area contributed by atoms with Crippen molar-refractivity contribution in [3.8, 4) is 0 Å². The highest BCUT2D eigenvalue weighted by Crippen LogP contribution is 2.32. The van der Waals surface area contributed by atoms with Crippen LogP contribution in [0.1, 0.15) is 12.1 Å². The fraction of sp³-hybridized carbons (Fsp3) is 0.583. The Balaban J connectivity index is 2.26. The zero-order valence-electron chi connectivity index (χ0n) is 10.4. The zero-order valence-corrected chi connectivity index (χ0v) is 10.4. The zero-order chi connectivity index (χ0) is 14.0. The van der Waals surface area contributed by atoms with Crippen molar-refractivity contribution in [2.24, 2.45) is 0 Å². The molecule has 0 amide bonds. The van der Waals surface area contributed by atoms with Gasteiger partial charge < -0.3 is 14.7 Å². The van der Waals surface area contributed by atoms with E-state index >= 15 is 0 Å². The number of aromatic nitrogens is 1. The average molecular weight is 276 g/mol. The molecule has 0 spiro atoms. The average Bonchev–Trinajstić information content (AvgIpc) is 2.81. The van der Waals surface area contributed by atoms with Crippen molar-refractivity contribution < 1.29 is 23.0 Å². The van der Waals surface area contributed by atoms with Crippen molar-refractivity contribution in [1.29, 1.82) is 0 Å². The maximum Gasteiger partial charge on any atom is 0.433 e. The van der Waals surface area contributed by atoms with Gasteiger partial charge in [-0.1, -0.05) is 0 Å². The van der Waals surface area contributed by atoms with Crippen molar-refractivity contribution in [3.63, 3.8) is 0 Å². The number of aliphatic hydroxyl groups is 1. The number of anilines is 1. The van der Waals surface area contributed by atoms with Crippen LogP contribution in [0.25, 0.3) is 0 Å². The maximum absolute atomic E-state index is 12.6. The topological polar surface area (TPSA) is 45.6 Å². The van der Waals surface area contributed by atoms with Gasteiger partial charge in [0.05, 0.1) is 18.8 Å². The minimum Gasteiger partial charge on any atom is -0.394 e.